The average Bonchev–Trinajstić information content (AvgIpc) is 2.21. The molecule has 18 heavy (non-hydrogen) atoms. The molecule has 0 aromatic rings. The second-order valence-electron chi connectivity index (χ2n) is 4.04. The summed E-state index contributed by atoms with van der Waals surface area (Å²) < 4.78 is 9.48. The summed E-state index contributed by atoms with van der Waals surface area (Å²) in [6.07, 6.45) is -2.00. The molecule has 108 valence electrons. The quantitative estimate of drug-likeness (QED) is 0.340. The molecule has 0 spiro atoms. The van der Waals surface area contributed by atoms with Gasteiger partial charge in [-0.3, -0.25) is 10.4 Å². The fraction of sp³-hybridized carbons (Fsp3) is 0.900. The molecule has 3 N–H and O–H groups in total. The summed E-state index contributed by atoms with van der Waals surface area (Å²) in [5.74, 6) is 0. The lowest BCUT2D eigenvalue weighted by Crippen LogP contribution is -2.32. The van der Waals surface area contributed by atoms with Crippen molar-refractivity contribution in [3.05, 3.63) is 0 Å². The lowest BCUT2D eigenvalue weighted by molar-refractivity contribution is -0.507. The molecular formula is C10H21NO7. The van der Waals surface area contributed by atoms with E-state index in [1.54, 1.807) is 13.8 Å². The summed E-state index contributed by atoms with van der Waals surface area (Å²) in [6.45, 7) is 4.99. The molecule has 8 heteroatoms. The van der Waals surface area contributed by atoms with Crippen molar-refractivity contribution in [3.8, 4) is 0 Å². The number of hydrogen-bond acceptors (Lipinski definition) is 8. The summed E-state index contributed by atoms with van der Waals surface area (Å²) in [4.78, 5) is 15.4. The van der Waals surface area contributed by atoms with E-state index >= 15 is 0 Å². The van der Waals surface area contributed by atoms with Crippen molar-refractivity contribution in [1.82, 2.24) is 5.39 Å². The highest BCUT2D eigenvalue weighted by Gasteiger charge is 2.17. The van der Waals surface area contributed by atoms with Crippen molar-refractivity contribution < 1.29 is 34.6 Å². The fourth-order valence-electron chi connectivity index (χ4n) is 1.13. The lowest BCUT2D eigenvalue weighted by Gasteiger charge is -2.19. The van der Waals surface area contributed by atoms with Gasteiger partial charge in [0.25, 0.3) is 0 Å². The normalized spacial score (nSPS) is 14.7. The molecule has 0 heterocycles. The van der Waals surface area contributed by atoms with Gasteiger partial charge >= 0.3 is 6.16 Å². The predicted molar refractivity (Wildman–Crippen MR) is 58.8 cm³/mol. The summed E-state index contributed by atoms with van der Waals surface area (Å²) in [7, 11) is 0. The van der Waals surface area contributed by atoms with Crippen LogP contribution in [0.3, 0.4) is 0 Å². The van der Waals surface area contributed by atoms with Crippen LogP contribution in [0.4, 0.5) is 4.79 Å². The number of nitrogens with zero attached hydrogens (tertiary/aromatic N) is 1. The van der Waals surface area contributed by atoms with Crippen LogP contribution in [0.1, 0.15) is 33.6 Å². The van der Waals surface area contributed by atoms with Gasteiger partial charge in [-0.25, -0.2) is 9.63 Å². The topological polar surface area (TPSA) is 109 Å². The van der Waals surface area contributed by atoms with Gasteiger partial charge in [-0.1, -0.05) is 0 Å². The van der Waals surface area contributed by atoms with Gasteiger partial charge in [0, 0.05) is 0 Å². The molecule has 2 atom stereocenters. The Balaban J connectivity index is 3.62. The number of hydrogen-bond donors (Lipinski definition) is 3. The zero-order chi connectivity index (χ0) is 14.1. The maximum Gasteiger partial charge on any atom is 0.508 e. The van der Waals surface area contributed by atoms with E-state index in [1.165, 1.54) is 6.92 Å². The molecule has 0 rings (SSSR count). The Kier molecular flexibility index (Phi) is 8.59. The summed E-state index contributed by atoms with van der Waals surface area (Å²) in [6, 6.07) is 0. The zero-order valence-electron chi connectivity index (χ0n) is 10.8. The Morgan fingerprint density at radius 3 is 2.39 bits per heavy atom. The van der Waals surface area contributed by atoms with Gasteiger partial charge in [0.1, 0.15) is 6.10 Å². The van der Waals surface area contributed by atoms with Gasteiger partial charge in [0.2, 0.25) is 0 Å². The fourth-order valence-corrected chi connectivity index (χ4v) is 1.13. The van der Waals surface area contributed by atoms with Crippen molar-refractivity contribution in [2.45, 2.75) is 51.9 Å². The minimum atomic E-state index is -0.906. The van der Waals surface area contributed by atoms with E-state index in [2.05, 4.69) is 4.84 Å². The number of rotatable bonds is 8. The van der Waals surface area contributed by atoms with E-state index in [9.17, 15) is 9.90 Å². The minimum absolute atomic E-state index is 0.108. The highest BCUT2D eigenvalue weighted by atomic mass is 17.1. The molecule has 0 saturated carbocycles. The van der Waals surface area contributed by atoms with Crippen LogP contribution < -0.4 is 0 Å². The van der Waals surface area contributed by atoms with Crippen molar-refractivity contribution in [3.63, 3.8) is 0 Å². The van der Waals surface area contributed by atoms with Crippen molar-refractivity contribution in [2.75, 3.05) is 6.61 Å². The molecule has 0 unspecified atom stereocenters. The first-order chi connectivity index (χ1) is 8.32. The molecule has 0 aliphatic carbocycles. The van der Waals surface area contributed by atoms with Crippen LogP contribution in [0.5, 0.6) is 0 Å². The summed E-state index contributed by atoms with van der Waals surface area (Å²) >= 11 is 0. The number of aliphatic hydroxyl groups is 1. The molecule has 0 radical (unpaired) electrons. The molecule has 0 bridgehead atoms. The van der Waals surface area contributed by atoms with E-state index in [0.29, 0.717) is 6.42 Å². The molecule has 0 aliphatic rings. The van der Waals surface area contributed by atoms with Gasteiger partial charge in [0.05, 0.1) is 24.2 Å². The van der Waals surface area contributed by atoms with Gasteiger partial charge in [0.15, 0.2) is 0 Å². The summed E-state index contributed by atoms with van der Waals surface area (Å²) in [5.41, 5.74) is 0. The number of carbonyl (C=O) groups is 1. The van der Waals surface area contributed by atoms with E-state index in [1.807, 2.05) is 0 Å². The average molecular weight is 267 g/mol. The van der Waals surface area contributed by atoms with Crippen LogP contribution in [-0.4, -0.2) is 52.0 Å². The number of carbonyl (C=O) groups excluding carboxylic acids is 1. The van der Waals surface area contributed by atoms with E-state index in [0.717, 1.165) is 0 Å². The maximum absolute atomic E-state index is 11.0. The first-order valence-electron chi connectivity index (χ1n) is 5.69. The van der Waals surface area contributed by atoms with E-state index in [4.69, 9.17) is 19.9 Å². The molecule has 0 aromatic carbocycles. The third-order valence-electron chi connectivity index (χ3n) is 2.00. The van der Waals surface area contributed by atoms with Crippen LogP contribution in [0, 0.1) is 0 Å². The molecule has 0 saturated heterocycles. The Hall–Kier alpha value is -0.930. The highest BCUT2D eigenvalue weighted by Crippen LogP contribution is 2.07. The lowest BCUT2D eigenvalue weighted by atomic mass is 10.1. The van der Waals surface area contributed by atoms with Crippen molar-refractivity contribution >= 4 is 6.16 Å². The second-order valence-corrected chi connectivity index (χ2v) is 4.04. The molecular weight excluding hydrogens is 246 g/mol. The Morgan fingerprint density at radius 2 is 1.89 bits per heavy atom. The van der Waals surface area contributed by atoms with Gasteiger partial charge < -0.3 is 14.6 Å². The van der Waals surface area contributed by atoms with Gasteiger partial charge in [-0.05, 0) is 33.6 Å². The largest absolute Gasteiger partial charge is 0.508 e. The van der Waals surface area contributed by atoms with Gasteiger partial charge in [-0.15, -0.1) is 0 Å². The predicted octanol–water partition coefficient (Wildman–Crippen LogP) is 1.09. The highest BCUT2D eigenvalue weighted by molar-refractivity contribution is 5.59. The van der Waals surface area contributed by atoms with Crippen LogP contribution >= 0.6 is 0 Å². The zero-order valence-corrected chi connectivity index (χ0v) is 10.8. The van der Waals surface area contributed by atoms with Crippen LogP contribution in [0.2, 0.25) is 0 Å². The van der Waals surface area contributed by atoms with Crippen molar-refractivity contribution in [1.29, 1.82) is 0 Å². The first kappa shape index (κ1) is 17.1. The van der Waals surface area contributed by atoms with Gasteiger partial charge in [-0.2, -0.15) is 0 Å². The SMILES string of the molecule is CC(C)OC(=O)OCCC[C@H](O)[C@@H](C)ON(O)O. The smallest absolute Gasteiger partial charge is 0.434 e. The second kappa shape index (κ2) is 9.06. The minimum Gasteiger partial charge on any atom is -0.434 e. The van der Waals surface area contributed by atoms with Crippen LogP contribution in [0.25, 0.3) is 0 Å². The Bertz CT molecular complexity index is 234. The van der Waals surface area contributed by atoms with Crippen LogP contribution in [-0.2, 0) is 14.3 Å². The van der Waals surface area contributed by atoms with Crippen molar-refractivity contribution in [2.24, 2.45) is 0 Å². The third-order valence-corrected chi connectivity index (χ3v) is 2.00. The number of ether oxygens (including phenoxy) is 2. The molecule has 0 fully saturated rings. The molecule has 0 aliphatic heterocycles. The van der Waals surface area contributed by atoms with E-state index in [-0.39, 0.29) is 19.1 Å². The molecule has 0 aromatic heterocycles. The Morgan fingerprint density at radius 1 is 1.28 bits per heavy atom. The van der Waals surface area contributed by atoms with E-state index < -0.39 is 23.8 Å². The maximum atomic E-state index is 11.0. The summed E-state index contributed by atoms with van der Waals surface area (Å²) in [5, 5.41) is 25.8. The van der Waals surface area contributed by atoms with Crippen LogP contribution in [0.15, 0.2) is 0 Å². The first-order valence-corrected chi connectivity index (χ1v) is 5.69. The molecule has 0 amide bonds. The monoisotopic (exact) mass is 267 g/mol. The number of aliphatic hydroxyl groups excluding tert-OH is 1. The Labute approximate surface area is 106 Å². The molecule has 8 nitrogen and oxygen atoms in total. The standard InChI is InChI=1S/C10H21NO7/c1-7(2)17-10(13)16-6-4-5-9(12)8(3)18-11(14)15/h7-9,12,14-15H,4-6H2,1-3H3/t8-,9+/m1/s1. The third kappa shape index (κ3) is 9.14.